The number of aromatic nitrogens is 1. The second-order valence-corrected chi connectivity index (χ2v) is 4.82. The van der Waals surface area contributed by atoms with Crippen molar-refractivity contribution in [2.24, 2.45) is 5.73 Å². The van der Waals surface area contributed by atoms with Gasteiger partial charge in [0.25, 0.3) is 0 Å². The first kappa shape index (κ1) is 14.1. The van der Waals surface area contributed by atoms with E-state index in [0.29, 0.717) is 4.99 Å². The lowest BCUT2D eigenvalue weighted by Crippen LogP contribution is -2.23. The van der Waals surface area contributed by atoms with Gasteiger partial charge in [0.1, 0.15) is 0 Å². The van der Waals surface area contributed by atoms with E-state index >= 15 is 0 Å². The van der Waals surface area contributed by atoms with E-state index in [1.165, 1.54) is 0 Å². The Morgan fingerprint density at radius 2 is 2.18 bits per heavy atom. The van der Waals surface area contributed by atoms with Crippen LogP contribution in [-0.4, -0.2) is 35.0 Å². The zero-order valence-corrected chi connectivity index (χ0v) is 11.2. The van der Waals surface area contributed by atoms with Gasteiger partial charge in [-0.15, -0.1) is 0 Å². The molecule has 0 unspecified atom stereocenters. The lowest BCUT2D eigenvalue weighted by Gasteiger charge is -2.15. The fourth-order valence-electron chi connectivity index (χ4n) is 1.64. The van der Waals surface area contributed by atoms with Crippen LogP contribution in [0, 0.1) is 0 Å². The number of nitrogens with zero attached hydrogens (tertiary/aromatic N) is 2. The van der Waals surface area contributed by atoms with Crippen molar-refractivity contribution in [3.8, 4) is 0 Å². The quantitative estimate of drug-likeness (QED) is 0.567. The molecular formula is C13H21N3S. The van der Waals surface area contributed by atoms with Crippen molar-refractivity contribution in [2.75, 3.05) is 20.1 Å². The van der Waals surface area contributed by atoms with E-state index in [-0.39, 0.29) is 0 Å². The van der Waals surface area contributed by atoms with Crippen LogP contribution in [0.2, 0.25) is 0 Å². The summed E-state index contributed by atoms with van der Waals surface area (Å²) in [6.07, 6.45) is 5.95. The molecule has 3 nitrogen and oxygen atoms in total. The normalized spacial score (nSPS) is 10.7. The van der Waals surface area contributed by atoms with Gasteiger partial charge in [0, 0.05) is 24.9 Å². The van der Waals surface area contributed by atoms with Crippen LogP contribution in [0.4, 0.5) is 0 Å². The molecule has 2 N–H and O–H groups in total. The minimum atomic E-state index is 0.626. The van der Waals surface area contributed by atoms with Gasteiger partial charge in [-0.25, -0.2) is 0 Å². The van der Waals surface area contributed by atoms with Crippen molar-refractivity contribution in [2.45, 2.75) is 25.7 Å². The maximum absolute atomic E-state index is 5.45. The predicted octanol–water partition coefficient (Wildman–Crippen LogP) is 2.01. The Hall–Kier alpha value is -1.00. The van der Waals surface area contributed by atoms with Gasteiger partial charge in [-0.3, -0.25) is 4.98 Å². The average Bonchev–Trinajstić information content (AvgIpc) is 2.33. The highest BCUT2D eigenvalue weighted by molar-refractivity contribution is 7.80. The summed E-state index contributed by atoms with van der Waals surface area (Å²) in [7, 11) is 2.14. The van der Waals surface area contributed by atoms with Gasteiger partial charge in [-0.2, -0.15) is 0 Å². The molecule has 1 aromatic rings. The lowest BCUT2D eigenvalue weighted by molar-refractivity contribution is 0.330. The summed E-state index contributed by atoms with van der Waals surface area (Å²) in [5, 5.41) is 0. The average molecular weight is 251 g/mol. The number of rotatable bonds is 8. The van der Waals surface area contributed by atoms with Gasteiger partial charge in [-0.1, -0.05) is 18.3 Å². The molecule has 1 rings (SSSR count). The zero-order chi connectivity index (χ0) is 12.5. The first-order chi connectivity index (χ1) is 8.18. The molecule has 17 heavy (non-hydrogen) atoms. The predicted molar refractivity (Wildman–Crippen MR) is 76.1 cm³/mol. The van der Waals surface area contributed by atoms with Gasteiger partial charge in [-0.05, 0) is 45.0 Å². The Bertz CT molecular complexity index is 327. The summed E-state index contributed by atoms with van der Waals surface area (Å²) < 4.78 is 0. The summed E-state index contributed by atoms with van der Waals surface area (Å²) in [6, 6.07) is 6.05. The molecule has 4 heteroatoms. The molecule has 0 aliphatic rings. The third kappa shape index (κ3) is 7.02. The lowest BCUT2D eigenvalue weighted by atomic mass is 10.2. The fourth-order valence-corrected chi connectivity index (χ4v) is 1.79. The molecule has 0 radical (unpaired) electrons. The molecule has 0 atom stereocenters. The Balaban J connectivity index is 2.09. The highest BCUT2D eigenvalue weighted by Gasteiger charge is 2.00. The van der Waals surface area contributed by atoms with Gasteiger partial charge >= 0.3 is 0 Å². The van der Waals surface area contributed by atoms with E-state index in [4.69, 9.17) is 18.0 Å². The summed E-state index contributed by atoms with van der Waals surface area (Å²) in [5.74, 6) is 0. The van der Waals surface area contributed by atoms with E-state index in [1.807, 2.05) is 18.3 Å². The van der Waals surface area contributed by atoms with Gasteiger partial charge in [0.15, 0.2) is 0 Å². The second-order valence-electron chi connectivity index (χ2n) is 4.30. The Morgan fingerprint density at radius 3 is 2.82 bits per heavy atom. The third-order valence-electron chi connectivity index (χ3n) is 2.69. The maximum atomic E-state index is 5.45. The van der Waals surface area contributed by atoms with Crippen molar-refractivity contribution in [3.63, 3.8) is 0 Å². The molecule has 0 aromatic carbocycles. The summed E-state index contributed by atoms with van der Waals surface area (Å²) in [4.78, 5) is 7.26. The van der Waals surface area contributed by atoms with Crippen LogP contribution in [0.15, 0.2) is 24.4 Å². The molecular weight excluding hydrogens is 230 g/mol. The minimum absolute atomic E-state index is 0.626. The fraction of sp³-hybridized carbons (Fsp3) is 0.538. The van der Waals surface area contributed by atoms with Crippen molar-refractivity contribution in [1.82, 2.24) is 9.88 Å². The first-order valence-electron chi connectivity index (χ1n) is 6.05. The summed E-state index contributed by atoms with van der Waals surface area (Å²) in [5.41, 5.74) is 6.61. The zero-order valence-electron chi connectivity index (χ0n) is 10.4. The van der Waals surface area contributed by atoms with Crippen LogP contribution in [0.3, 0.4) is 0 Å². The number of hydrogen-bond acceptors (Lipinski definition) is 3. The number of nitrogens with two attached hydrogens (primary N) is 1. The molecule has 0 saturated heterocycles. The van der Waals surface area contributed by atoms with Gasteiger partial charge in [0.2, 0.25) is 0 Å². The molecule has 0 aliphatic carbocycles. The number of likely N-dealkylation sites (N-methyl/N-ethyl adjacent to an activating group) is 1. The van der Waals surface area contributed by atoms with E-state index in [9.17, 15) is 0 Å². The van der Waals surface area contributed by atoms with E-state index < -0.39 is 0 Å². The van der Waals surface area contributed by atoms with Crippen molar-refractivity contribution in [1.29, 1.82) is 0 Å². The number of pyridine rings is 1. The molecule has 0 saturated carbocycles. The van der Waals surface area contributed by atoms with Crippen molar-refractivity contribution >= 4 is 17.2 Å². The summed E-state index contributed by atoms with van der Waals surface area (Å²) in [6.45, 7) is 2.14. The number of thiocarbonyl (C=S) groups is 1. The second kappa shape index (κ2) is 8.14. The van der Waals surface area contributed by atoms with Crippen molar-refractivity contribution in [3.05, 3.63) is 30.1 Å². The Kier molecular flexibility index (Phi) is 6.74. The molecule has 0 aliphatic heterocycles. The van der Waals surface area contributed by atoms with Gasteiger partial charge < -0.3 is 10.6 Å². The Morgan fingerprint density at radius 1 is 1.35 bits per heavy atom. The van der Waals surface area contributed by atoms with Crippen LogP contribution in [0.1, 0.15) is 25.0 Å². The molecule has 94 valence electrons. The molecule has 1 heterocycles. The van der Waals surface area contributed by atoms with Crippen LogP contribution in [0.25, 0.3) is 0 Å². The number of hydrogen-bond donors (Lipinski definition) is 1. The minimum Gasteiger partial charge on any atom is -0.393 e. The highest BCUT2D eigenvalue weighted by Crippen LogP contribution is 2.00. The van der Waals surface area contributed by atoms with E-state index in [2.05, 4.69) is 23.0 Å². The SMILES string of the molecule is CN(CCCCC(N)=S)CCc1ccccn1. The smallest absolute Gasteiger partial charge is 0.0727 e. The Labute approximate surface area is 109 Å². The first-order valence-corrected chi connectivity index (χ1v) is 6.46. The standard InChI is InChI=1S/C13H21N3S/c1-16(10-5-3-7-13(14)17)11-8-12-6-2-4-9-15-12/h2,4,6,9H,3,5,7-8,10-11H2,1H3,(H2,14,17). The van der Waals surface area contributed by atoms with Crippen LogP contribution < -0.4 is 5.73 Å². The van der Waals surface area contributed by atoms with Crippen LogP contribution in [0.5, 0.6) is 0 Å². The maximum Gasteiger partial charge on any atom is 0.0727 e. The highest BCUT2D eigenvalue weighted by atomic mass is 32.1. The van der Waals surface area contributed by atoms with Crippen molar-refractivity contribution < 1.29 is 0 Å². The number of unbranched alkanes of at least 4 members (excludes halogenated alkanes) is 1. The molecule has 1 aromatic heterocycles. The topological polar surface area (TPSA) is 42.1 Å². The molecule has 0 fully saturated rings. The summed E-state index contributed by atoms with van der Waals surface area (Å²) >= 11 is 4.85. The van der Waals surface area contributed by atoms with Crippen LogP contribution >= 0.6 is 12.2 Å². The van der Waals surface area contributed by atoms with Crippen LogP contribution in [-0.2, 0) is 6.42 Å². The largest absolute Gasteiger partial charge is 0.393 e. The molecule has 0 spiro atoms. The van der Waals surface area contributed by atoms with E-state index in [1.54, 1.807) is 0 Å². The van der Waals surface area contributed by atoms with E-state index in [0.717, 1.165) is 44.5 Å². The van der Waals surface area contributed by atoms with Gasteiger partial charge in [0.05, 0.1) is 4.99 Å². The monoisotopic (exact) mass is 251 g/mol. The third-order valence-corrected chi connectivity index (χ3v) is 2.89. The molecule has 0 bridgehead atoms. The molecule has 0 amide bonds.